The molecule has 2 N–H and O–H groups in total. The SMILES string of the molecule is NC1=CC(Cl)(c2nccs2)C(Cl)(c2ccc(F)cc2)C=C1. The van der Waals surface area contributed by atoms with Crippen molar-refractivity contribution in [1.29, 1.82) is 0 Å². The summed E-state index contributed by atoms with van der Waals surface area (Å²) in [6.07, 6.45) is 6.77. The molecule has 2 nitrogen and oxygen atoms in total. The smallest absolute Gasteiger partial charge is 0.143 e. The summed E-state index contributed by atoms with van der Waals surface area (Å²) in [6, 6.07) is 5.95. The van der Waals surface area contributed by atoms with Gasteiger partial charge in [-0.1, -0.05) is 18.2 Å². The first kappa shape index (κ1) is 14.6. The average molecular weight is 341 g/mol. The Labute approximate surface area is 135 Å². The summed E-state index contributed by atoms with van der Waals surface area (Å²) in [5.74, 6) is -0.330. The topological polar surface area (TPSA) is 38.9 Å². The molecule has 108 valence electrons. The van der Waals surface area contributed by atoms with Gasteiger partial charge in [0.15, 0.2) is 0 Å². The number of benzene rings is 1. The summed E-state index contributed by atoms with van der Waals surface area (Å²) in [4.78, 5) is 2.06. The van der Waals surface area contributed by atoms with Crippen molar-refractivity contribution in [3.8, 4) is 0 Å². The Balaban J connectivity index is 2.19. The van der Waals surface area contributed by atoms with Crippen LogP contribution in [0.4, 0.5) is 4.39 Å². The Kier molecular flexibility index (Phi) is 3.56. The highest BCUT2D eigenvalue weighted by molar-refractivity contribution is 7.10. The number of allylic oxidation sites excluding steroid dienone is 3. The largest absolute Gasteiger partial charge is 0.399 e. The van der Waals surface area contributed by atoms with Crippen LogP contribution >= 0.6 is 34.5 Å². The van der Waals surface area contributed by atoms with E-state index in [-0.39, 0.29) is 5.82 Å². The summed E-state index contributed by atoms with van der Waals surface area (Å²) in [5, 5.41) is 2.46. The van der Waals surface area contributed by atoms with E-state index in [1.54, 1.807) is 36.6 Å². The fourth-order valence-electron chi connectivity index (χ4n) is 2.33. The summed E-state index contributed by atoms with van der Waals surface area (Å²) in [6.45, 7) is 0. The van der Waals surface area contributed by atoms with Gasteiger partial charge in [0, 0.05) is 17.3 Å². The van der Waals surface area contributed by atoms with Gasteiger partial charge in [-0.05, 0) is 29.8 Å². The van der Waals surface area contributed by atoms with Crippen LogP contribution in [0.2, 0.25) is 0 Å². The Morgan fingerprint density at radius 2 is 1.86 bits per heavy atom. The van der Waals surface area contributed by atoms with Crippen molar-refractivity contribution in [2.45, 2.75) is 9.75 Å². The van der Waals surface area contributed by atoms with Crippen molar-refractivity contribution in [2.24, 2.45) is 5.73 Å². The van der Waals surface area contributed by atoms with Crippen LogP contribution < -0.4 is 5.73 Å². The molecule has 0 bridgehead atoms. The first-order valence-electron chi connectivity index (χ1n) is 6.17. The second kappa shape index (κ2) is 5.13. The standard InChI is InChI=1S/C15H11Cl2FN2S/c16-14(10-1-3-11(18)4-2-10)6-5-12(19)9-15(14,17)13-20-7-8-21-13/h1-9H,19H2. The third-order valence-corrected chi connectivity index (χ3v) is 5.75. The first-order chi connectivity index (χ1) is 9.96. The molecule has 0 fully saturated rings. The minimum atomic E-state index is -1.13. The van der Waals surface area contributed by atoms with Gasteiger partial charge in [-0.3, -0.25) is 0 Å². The van der Waals surface area contributed by atoms with Gasteiger partial charge in [-0.15, -0.1) is 34.5 Å². The molecular formula is C15H11Cl2FN2S. The lowest BCUT2D eigenvalue weighted by Crippen LogP contribution is -2.40. The molecule has 1 aliphatic rings. The van der Waals surface area contributed by atoms with Crippen molar-refractivity contribution in [3.63, 3.8) is 0 Å². The van der Waals surface area contributed by atoms with Crippen LogP contribution in [0, 0.1) is 5.82 Å². The van der Waals surface area contributed by atoms with E-state index < -0.39 is 9.75 Å². The van der Waals surface area contributed by atoms with Crippen molar-refractivity contribution in [2.75, 3.05) is 0 Å². The maximum Gasteiger partial charge on any atom is 0.143 e. The minimum absolute atomic E-state index is 0.330. The van der Waals surface area contributed by atoms with Gasteiger partial charge in [-0.25, -0.2) is 9.37 Å². The van der Waals surface area contributed by atoms with Gasteiger partial charge < -0.3 is 5.73 Å². The molecule has 2 aromatic rings. The van der Waals surface area contributed by atoms with Crippen LogP contribution in [0.25, 0.3) is 0 Å². The van der Waals surface area contributed by atoms with Crippen LogP contribution in [0.1, 0.15) is 10.6 Å². The summed E-state index contributed by atoms with van der Waals surface area (Å²) >= 11 is 15.1. The lowest BCUT2D eigenvalue weighted by Gasteiger charge is -2.39. The second-order valence-electron chi connectivity index (χ2n) is 4.75. The zero-order chi connectivity index (χ0) is 15.1. The molecule has 0 aliphatic heterocycles. The Hall–Kier alpha value is -1.36. The molecular weight excluding hydrogens is 330 g/mol. The monoisotopic (exact) mass is 340 g/mol. The van der Waals surface area contributed by atoms with Crippen LogP contribution in [0.15, 0.2) is 59.8 Å². The zero-order valence-corrected chi connectivity index (χ0v) is 13.1. The third kappa shape index (κ3) is 2.27. The number of hydrogen-bond acceptors (Lipinski definition) is 3. The fourth-order valence-corrected chi connectivity index (χ4v) is 3.97. The number of halogens is 3. The normalized spacial score (nSPS) is 28.4. The quantitative estimate of drug-likeness (QED) is 0.829. The Bertz CT molecular complexity index is 712. The van der Waals surface area contributed by atoms with Crippen molar-refractivity contribution in [1.82, 2.24) is 4.98 Å². The van der Waals surface area contributed by atoms with E-state index >= 15 is 0 Å². The van der Waals surface area contributed by atoms with Crippen molar-refractivity contribution < 1.29 is 4.39 Å². The van der Waals surface area contributed by atoms with Crippen molar-refractivity contribution in [3.05, 3.63) is 76.2 Å². The van der Waals surface area contributed by atoms with Gasteiger partial charge in [0.2, 0.25) is 0 Å². The number of hydrogen-bond donors (Lipinski definition) is 1. The maximum atomic E-state index is 13.2. The van der Waals surface area contributed by atoms with Gasteiger partial charge in [0.25, 0.3) is 0 Å². The average Bonchev–Trinajstić information content (AvgIpc) is 2.99. The molecule has 3 rings (SSSR count). The van der Waals surface area contributed by atoms with Gasteiger partial charge >= 0.3 is 0 Å². The molecule has 1 heterocycles. The van der Waals surface area contributed by atoms with Gasteiger partial charge in [0.05, 0.1) is 0 Å². The van der Waals surface area contributed by atoms with Crippen molar-refractivity contribution >= 4 is 34.5 Å². The molecule has 0 amide bonds. The highest BCUT2D eigenvalue weighted by Gasteiger charge is 2.52. The summed E-state index contributed by atoms with van der Waals surface area (Å²) in [7, 11) is 0. The Morgan fingerprint density at radius 3 is 2.48 bits per heavy atom. The van der Waals surface area contributed by atoms with E-state index in [9.17, 15) is 4.39 Å². The fraction of sp³-hybridized carbons (Fsp3) is 0.133. The van der Waals surface area contributed by atoms with Crippen LogP contribution in [-0.2, 0) is 9.75 Å². The predicted molar refractivity (Wildman–Crippen MR) is 85.0 cm³/mol. The number of nitrogens with zero attached hydrogens (tertiary/aromatic N) is 1. The molecule has 6 heteroatoms. The van der Waals surface area contributed by atoms with E-state index in [0.717, 1.165) is 0 Å². The van der Waals surface area contributed by atoms with E-state index in [1.165, 1.54) is 23.5 Å². The van der Waals surface area contributed by atoms with Gasteiger partial charge in [-0.2, -0.15) is 0 Å². The van der Waals surface area contributed by atoms with E-state index in [0.29, 0.717) is 16.3 Å². The highest BCUT2D eigenvalue weighted by atomic mass is 35.5. The Morgan fingerprint density at radius 1 is 1.14 bits per heavy atom. The number of thiazole rings is 1. The summed E-state index contributed by atoms with van der Waals surface area (Å²) < 4.78 is 13.2. The molecule has 1 aromatic heterocycles. The highest BCUT2D eigenvalue weighted by Crippen LogP contribution is 2.55. The lowest BCUT2D eigenvalue weighted by atomic mass is 9.81. The molecule has 0 spiro atoms. The van der Waals surface area contributed by atoms with E-state index in [4.69, 9.17) is 28.9 Å². The second-order valence-corrected chi connectivity index (χ2v) is 6.83. The number of aromatic nitrogens is 1. The van der Waals surface area contributed by atoms with Crippen LogP contribution in [0.3, 0.4) is 0 Å². The molecule has 0 radical (unpaired) electrons. The molecule has 0 saturated carbocycles. The molecule has 2 unspecified atom stereocenters. The number of rotatable bonds is 2. The number of nitrogens with two attached hydrogens (primary N) is 1. The first-order valence-corrected chi connectivity index (χ1v) is 7.81. The molecule has 2 atom stereocenters. The van der Waals surface area contributed by atoms with Crippen LogP contribution in [0.5, 0.6) is 0 Å². The number of alkyl halides is 2. The zero-order valence-electron chi connectivity index (χ0n) is 10.8. The minimum Gasteiger partial charge on any atom is -0.399 e. The van der Waals surface area contributed by atoms with Gasteiger partial charge in [0.1, 0.15) is 20.6 Å². The van der Waals surface area contributed by atoms with Crippen LogP contribution in [-0.4, -0.2) is 4.98 Å². The summed E-state index contributed by atoms with van der Waals surface area (Å²) in [5.41, 5.74) is 7.08. The lowest BCUT2D eigenvalue weighted by molar-refractivity contribution is 0.578. The molecule has 1 aromatic carbocycles. The third-order valence-electron chi connectivity index (χ3n) is 3.41. The maximum absolute atomic E-state index is 13.2. The molecule has 0 saturated heterocycles. The predicted octanol–water partition coefficient (Wildman–Crippen LogP) is 4.26. The molecule has 1 aliphatic carbocycles. The molecule has 21 heavy (non-hydrogen) atoms. The van der Waals surface area contributed by atoms with E-state index in [2.05, 4.69) is 4.98 Å². The van der Waals surface area contributed by atoms with E-state index in [1.807, 2.05) is 5.38 Å².